The molecular weight excluding hydrogens is 266 g/mol. The molecule has 0 spiro atoms. The van der Waals surface area contributed by atoms with Crippen LogP contribution in [0.4, 0.5) is 0 Å². The maximum atomic E-state index is 11.9. The van der Waals surface area contributed by atoms with Gasteiger partial charge in [0.05, 0.1) is 6.54 Å². The lowest BCUT2D eigenvalue weighted by Crippen LogP contribution is -2.39. The molecule has 0 radical (unpaired) electrons. The average Bonchev–Trinajstić information content (AvgIpc) is 2.61. The summed E-state index contributed by atoms with van der Waals surface area (Å²) in [6, 6.07) is 0. The van der Waals surface area contributed by atoms with E-state index in [9.17, 15) is 9.59 Å². The largest absolute Gasteiger partial charge is 0.348 e. The van der Waals surface area contributed by atoms with E-state index in [2.05, 4.69) is 4.90 Å². The zero-order valence-electron chi connectivity index (χ0n) is 11.9. The fourth-order valence-electron chi connectivity index (χ4n) is 2.09. The monoisotopic (exact) mass is 289 g/mol. The molecule has 5 nitrogen and oxygen atoms in total. The van der Waals surface area contributed by atoms with Crippen LogP contribution in [0.3, 0.4) is 0 Å². The van der Waals surface area contributed by atoms with Gasteiger partial charge >= 0.3 is 0 Å². The molecule has 110 valence electrons. The number of likely N-dealkylation sites (N-methyl/N-ethyl adjacent to an activating group) is 1. The topological polar surface area (TPSA) is 43.9 Å². The molecule has 1 saturated heterocycles. The maximum Gasteiger partial charge on any atom is 0.236 e. The molecule has 2 amide bonds. The summed E-state index contributed by atoms with van der Waals surface area (Å²) in [6.07, 6.45) is 2.19. The average molecular weight is 290 g/mol. The molecule has 0 N–H and O–H groups in total. The molecule has 19 heavy (non-hydrogen) atoms. The third-order valence-electron chi connectivity index (χ3n) is 3.32. The van der Waals surface area contributed by atoms with Crippen molar-refractivity contribution in [1.82, 2.24) is 14.7 Å². The molecule has 0 saturated carbocycles. The molecule has 1 rings (SSSR count). The van der Waals surface area contributed by atoms with Crippen LogP contribution < -0.4 is 0 Å². The Morgan fingerprint density at radius 3 is 2.53 bits per heavy atom. The molecule has 1 heterocycles. The number of halogens is 1. The molecule has 0 bridgehead atoms. The summed E-state index contributed by atoms with van der Waals surface area (Å²) in [7, 11) is 3.53. The molecule has 0 atom stereocenters. The standard InChI is InChI=1S/C13H24ClN3O2/c1-15(2)13(19)11-16-7-4-8-17(10-9-16)12(18)5-3-6-14/h3-11H2,1-2H3. The minimum absolute atomic E-state index is 0.113. The van der Waals surface area contributed by atoms with Gasteiger partial charge in [-0.15, -0.1) is 11.6 Å². The summed E-state index contributed by atoms with van der Waals surface area (Å²) >= 11 is 5.61. The van der Waals surface area contributed by atoms with E-state index in [0.29, 0.717) is 25.4 Å². The van der Waals surface area contributed by atoms with Gasteiger partial charge < -0.3 is 9.80 Å². The second-order valence-corrected chi connectivity index (χ2v) is 5.47. The molecule has 0 aromatic rings. The Morgan fingerprint density at radius 1 is 1.16 bits per heavy atom. The lowest BCUT2D eigenvalue weighted by Gasteiger charge is -2.22. The van der Waals surface area contributed by atoms with Crippen LogP contribution in [-0.2, 0) is 9.59 Å². The van der Waals surface area contributed by atoms with Crippen LogP contribution in [0.15, 0.2) is 0 Å². The predicted molar refractivity (Wildman–Crippen MR) is 76.3 cm³/mol. The van der Waals surface area contributed by atoms with Crippen LogP contribution in [0.25, 0.3) is 0 Å². The second-order valence-electron chi connectivity index (χ2n) is 5.09. The first-order valence-corrected chi connectivity index (χ1v) is 7.34. The van der Waals surface area contributed by atoms with E-state index in [1.54, 1.807) is 19.0 Å². The van der Waals surface area contributed by atoms with Gasteiger partial charge in [0.15, 0.2) is 0 Å². The number of carbonyl (C=O) groups excluding carboxylic acids is 2. The van der Waals surface area contributed by atoms with Crippen LogP contribution in [-0.4, -0.2) is 79.2 Å². The number of hydrogen-bond donors (Lipinski definition) is 0. The highest BCUT2D eigenvalue weighted by atomic mass is 35.5. The van der Waals surface area contributed by atoms with Crippen molar-refractivity contribution in [3.63, 3.8) is 0 Å². The first-order chi connectivity index (χ1) is 9.04. The fraction of sp³-hybridized carbons (Fsp3) is 0.846. The van der Waals surface area contributed by atoms with Crippen LogP contribution >= 0.6 is 11.6 Å². The number of rotatable bonds is 5. The van der Waals surface area contributed by atoms with Crippen LogP contribution in [0.2, 0.25) is 0 Å². The Kier molecular flexibility index (Phi) is 7.16. The van der Waals surface area contributed by atoms with E-state index in [1.165, 1.54) is 0 Å². The molecular formula is C13H24ClN3O2. The first-order valence-electron chi connectivity index (χ1n) is 6.81. The molecule has 1 aliphatic heterocycles. The van der Waals surface area contributed by atoms with Gasteiger partial charge in [0.2, 0.25) is 11.8 Å². The van der Waals surface area contributed by atoms with Gasteiger partial charge in [0.1, 0.15) is 0 Å². The smallest absolute Gasteiger partial charge is 0.236 e. The summed E-state index contributed by atoms with van der Waals surface area (Å²) in [6.45, 7) is 3.58. The number of hydrogen-bond acceptors (Lipinski definition) is 3. The second kappa shape index (κ2) is 8.38. The summed E-state index contributed by atoms with van der Waals surface area (Å²) in [5.74, 6) is 0.826. The summed E-state index contributed by atoms with van der Waals surface area (Å²) in [5, 5.41) is 0. The zero-order valence-corrected chi connectivity index (χ0v) is 12.7. The van der Waals surface area contributed by atoms with Gasteiger partial charge in [-0.2, -0.15) is 0 Å². The molecule has 0 unspecified atom stereocenters. The Hall–Kier alpha value is -0.810. The van der Waals surface area contributed by atoms with Crippen molar-refractivity contribution in [3.8, 4) is 0 Å². The van der Waals surface area contributed by atoms with Crippen LogP contribution in [0.5, 0.6) is 0 Å². The van der Waals surface area contributed by atoms with Crippen molar-refractivity contribution in [3.05, 3.63) is 0 Å². The van der Waals surface area contributed by atoms with Crippen molar-refractivity contribution in [2.24, 2.45) is 0 Å². The number of alkyl halides is 1. The van der Waals surface area contributed by atoms with Crippen LogP contribution in [0.1, 0.15) is 19.3 Å². The SMILES string of the molecule is CN(C)C(=O)CN1CCCN(C(=O)CCCCl)CC1. The fourth-order valence-corrected chi connectivity index (χ4v) is 2.22. The van der Waals surface area contributed by atoms with Gasteiger partial charge in [0, 0.05) is 52.6 Å². The van der Waals surface area contributed by atoms with Gasteiger partial charge in [-0.1, -0.05) is 0 Å². The van der Waals surface area contributed by atoms with E-state index < -0.39 is 0 Å². The Balaban J connectivity index is 2.38. The normalized spacial score (nSPS) is 17.1. The predicted octanol–water partition coefficient (Wildman–Crippen LogP) is 0.628. The van der Waals surface area contributed by atoms with Crippen molar-refractivity contribution < 1.29 is 9.59 Å². The number of carbonyl (C=O) groups is 2. The van der Waals surface area contributed by atoms with E-state index in [1.807, 2.05) is 4.90 Å². The Morgan fingerprint density at radius 2 is 1.89 bits per heavy atom. The highest BCUT2D eigenvalue weighted by molar-refractivity contribution is 6.17. The maximum absolute atomic E-state index is 11.9. The van der Waals surface area contributed by atoms with Crippen molar-refractivity contribution >= 4 is 23.4 Å². The minimum Gasteiger partial charge on any atom is -0.348 e. The van der Waals surface area contributed by atoms with Crippen molar-refractivity contribution in [1.29, 1.82) is 0 Å². The van der Waals surface area contributed by atoms with Crippen molar-refractivity contribution in [2.75, 3.05) is 52.7 Å². The lowest BCUT2D eigenvalue weighted by molar-refractivity contribution is -0.131. The van der Waals surface area contributed by atoms with E-state index >= 15 is 0 Å². The first kappa shape index (κ1) is 16.2. The lowest BCUT2D eigenvalue weighted by atomic mass is 10.3. The van der Waals surface area contributed by atoms with Crippen molar-refractivity contribution in [2.45, 2.75) is 19.3 Å². The summed E-state index contributed by atoms with van der Waals surface area (Å²) < 4.78 is 0. The minimum atomic E-state index is 0.113. The summed E-state index contributed by atoms with van der Waals surface area (Å²) in [5.41, 5.74) is 0. The van der Waals surface area contributed by atoms with Gasteiger partial charge in [-0.25, -0.2) is 0 Å². The third-order valence-corrected chi connectivity index (χ3v) is 3.59. The van der Waals surface area contributed by atoms with Crippen LogP contribution in [0, 0.1) is 0 Å². The molecule has 0 aliphatic carbocycles. The Bertz CT molecular complexity index is 310. The molecule has 6 heteroatoms. The highest BCUT2D eigenvalue weighted by Crippen LogP contribution is 2.06. The van der Waals surface area contributed by atoms with Gasteiger partial charge in [-0.3, -0.25) is 14.5 Å². The quantitative estimate of drug-likeness (QED) is 0.697. The molecule has 1 fully saturated rings. The van der Waals surface area contributed by atoms with E-state index in [0.717, 1.165) is 32.5 Å². The third kappa shape index (κ3) is 5.78. The molecule has 1 aliphatic rings. The highest BCUT2D eigenvalue weighted by Gasteiger charge is 2.20. The summed E-state index contributed by atoms with van der Waals surface area (Å²) in [4.78, 5) is 29.2. The van der Waals surface area contributed by atoms with E-state index in [4.69, 9.17) is 11.6 Å². The Labute approximate surface area is 120 Å². The number of amides is 2. The molecule has 0 aromatic carbocycles. The zero-order chi connectivity index (χ0) is 14.3. The molecule has 0 aromatic heterocycles. The number of nitrogens with zero attached hydrogens (tertiary/aromatic N) is 3. The van der Waals surface area contributed by atoms with E-state index in [-0.39, 0.29) is 11.8 Å². The van der Waals surface area contributed by atoms with Gasteiger partial charge in [-0.05, 0) is 12.8 Å². The van der Waals surface area contributed by atoms with Gasteiger partial charge in [0.25, 0.3) is 0 Å².